The Morgan fingerprint density at radius 3 is 1.05 bits per heavy atom. The van der Waals surface area contributed by atoms with Crippen molar-refractivity contribution in [3.05, 3.63) is 0 Å². The molecule has 0 aliphatic rings. The van der Waals surface area contributed by atoms with Crippen LogP contribution in [0.15, 0.2) is 0 Å². The molecule has 0 heterocycles. The van der Waals surface area contributed by atoms with Crippen LogP contribution < -0.4 is 0 Å². The van der Waals surface area contributed by atoms with E-state index in [1.165, 1.54) is 115 Å². The van der Waals surface area contributed by atoms with Gasteiger partial charge in [-0.15, -0.1) is 0 Å². The van der Waals surface area contributed by atoms with Crippen molar-refractivity contribution >= 4 is 18.5 Å². The molecule has 0 nitrogen and oxygen atoms in total. The zero-order valence-electron chi connectivity index (χ0n) is 15.6. The first-order valence-electron chi connectivity index (χ1n) is 10.2. The van der Waals surface area contributed by atoms with E-state index in [-0.39, 0.29) is 6.70 Å². The zero-order valence-corrected chi connectivity index (χ0v) is 17.3. The number of hydrogen-bond acceptors (Lipinski definition) is 1. The van der Waals surface area contributed by atoms with E-state index in [0.29, 0.717) is 0 Å². The van der Waals surface area contributed by atoms with Gasteiger partial charge in [0, 0.05) is 0 Å². The van der Waals surface area contributed by atoms with Gasteiger partial charge in [0.25, 0.3) is 0 Å². The van der Waals surface area contributed by atoms with E-state index < -0.39 is 0 Å². The molecule has 0 spiro atoms. The number of unbranched alkanes of at least 4 members (excludes halogenated alkanes) is 14. The zero-order chi connectivity index (χ0) is 16.3. The van der Waals surface area contributed by atoms with Gasteiger partial charge in [-0.3, -0.25) is 0 Å². The largest absolute Gasteiger partial charge is 0.0809 e. The van der Waals surface area contributed by atoms with Crippen LogP contribution in [0.2, 0.25) is 0 Å². The molecule has 0 aromatic carbocycles. The summed E-state index contributed by atoms with van der Waals surface area (Å²) < 4.78 is 0. The summed E-state index contributed by atoms with van der Waals surface area (Å²) in [6.45, 7) is 4.52. The highest BCUT2D eigenvalue weighted by Gasteiger charge is 1.98. The van der Waals surface area contributed by atoms with Gasteiger partial charge in [0.1, 0.15) is 0 Å². The molecule has 0 N–H and O–H groups in total. The predicted octanol–water partition coefficient (Wildman–Crippen LogP) is 8.21. The van der Waals surface area contributed by atoms with E-state index in [2.05, 4.69) is 13.8 Å². The van der Waals surface area contributed by atoms with Gasteiger partial charge in [-0.05, 0) is 25.2 Å². The third-order valence-corrected chi connectivity index (χ3v) is 7.25. The minimum atomic E-state index is -0.0577. The van der Waals surface area contributed by atoms with Crippen LogP contribution in [0.25, 0.3) is 0 Å². The molecule has 0 fully saturated rings. The lowest BCUT2D eigenvalue weighted by atomic mass is 10.1. The average molecular weight is 346 g/mol. The van der Waals surface area contributed by atoms with E-state index in [1.54, 1.807) is 0 Å². The highest BCUT2D eigenvalue weighted by molar-refractivity contribution is 8.05. The van der Waals surface area contributed by atoms with E-state index >= 15 is 0 Å². The summed E-state index contributed by atoms with van der Waals surface area (Å²) in [5.41, 5.74) is 0. The molecule has 0 aromatic rings. The molecule has 0 aromatic heterocycles. The molecular weight excluding hydrogens is 303 g/mol. The Morgan fingerprint density at radius 2 is 0.727 bits per heavy atom. The van der Waals surface area contributed by atoms with Gasteiger partial charge in [0.15, 0.2) is 0 Å². The fourth-order valence-corrected chi connectivity index (χ4v) is 5.11. The molecular formula is C20H42PS. The fraction of sp³-hybridized carbons (Fsp3) is 1.00. The third-order valence-electron chi connectivity index (χ3n) is 4.52. The Hall–Kier alpha value is 0.520. The van der Waals surface area contributed by atoms with Crippen LogP contribution in [-0.4, -0.2) is 12.3 Å². The summed E-state index contributed by atoms with van der Waals surface area (Å²) in [7, 11) is 0. The van der Waals surface area contributed by atoms with Gasteiger partial charge in [-0.2, -0.15) is 0 Å². The SMILES string of the molecule is CCCCCCCCCC[P](=S)CCCCCCCCCC. The Morgan fingerprint density at radius 1 is 0.455 bits per heavy atom. The second-order valence-electron chi connectivity index (χ2n) is 6.88. The van der Waals surface area contributed by atoms with Crippen molar-refractivity contribution in [3.8, 4) is 0 Å². The Kier molecular flexibility index (Phi) is 20.0. The topological polar surface area (TPSA) is 0 Å². The third kappa shape index (κ3) is 18.6. The molecule has 0 saturated heterocycles. The lowest BCUT2D eigenvalue weighted by molar-refractivity contribution is 0.584. The minimum Gasteiger partial charge on any atom is -0.0809 e. The smallest absolute Gasteiger partial charge is 0.00805 e. The number of rotatable bonds is 18. The van der Waals surface area contributed by atoms with Gasteiger partial charge in [-0.25, -0.2) is 0 Å². The van der Waals surface area contributed by atoms with Crippen LogP contribution in [0, 0.1) is 0 Å². The molecule has 0 atom stereocenters. The van der Waals surface area contributed by atoms with Crippen LogP contribution in [0.5, 0.6) is 0 Å². The van der Waals surface area contributed by atoms with E-state index in [0.717, 1.165) is 0 Å². The van der Waals surface area contributed by atoms with Crippen molar-refractivity contribution in [1.29, 1.82) is 0 Å². The highest BCUT2D eigenvalue weighted by atomic mass is 32.4. The van der Waals surface area contributed by atoms with E-state index in [9.17, 15) is 0 Å². The fourth-order valence-electron chi connectivity index (χ4n) is 2.96. The Bertz CT molecular complexity index is 206. The normalized spacial score (nSPS) is 11.0. The van der Waals surface area contributed by atoms with Crippen molar-refractivity contribution in [2.75, 3.05) is 12.3 Å². The summed E-state index contributed by atoms with van der Waals surface area (Å²) in [6, 6.07) is 0. The Labute approximate surface area is 147 Å². The first-order chi connectivity index (χ1) is 10.8. The van der Waals surface area contributed by atoms with Crippen molar-refractivity contribution in [2.24, 2.45) is 0 Å². The monoisotopic (exact) mass is 345 g/mol. The Balaban J connectivity index is 3.13. The molecule has 0 aliphatic carbocycles. The molecule has 1 radical (unpaired) electrons. The standard InChI is InChI=1S/C20H42PS/c1-3-5-7-9-11-13-15-17-19-21(22)20-18-16-14-12-10-8-6-4-2/h3-20H2,1-2H3. The first-order valence-corrected chi connectivity index (χ1v) is 13.0. The van der Waals surface area contributed by atoms with Crippen molar-refractivity contribution in [3.63, 3.8) is 0 Å². The lowest BCUT2D eigenvalue weighted by Crippen LogP contribution is -1.87. The summed E-state index contributed by atoms with van der Waals surface area (Å²) in [4.78, 5) is 0. The summed E-state index contributed by atoms with van der Waals surface area (Å²) in [5.74, 6) is 0. The first kappa shape index (κ1) is 22.5. The average Bonchev–Trinajstić information content (AvgIpc) is 2.52. The maximum atomic E-state index is 5.67. The molecule has 133 valence electrons. The van der Waals surface area contributed by atoms with Crippen LogP contribution in [0.1, 0.15) is 117 Å². The van der Waals surface area contributed by atoms with Crippen LogP contribution >= 0.6 is 6.70 Å². The van der Waals surface area contributed by atoms with Crippen molar-refractivity contribution < 1.29 is 0 Å². The van der Waals surface area contributed by atoms with Crippen LogP contribution in [-0.2, 0) is 11.8 Å². The molecule has 2 heteroatoms. The molecule has 0 aliphatic heterocycles. The maximum absolute atomic E-state index is 5.67. The summed E-state index contributed by atoms with van der Waals surface area (Å²) in [6.07, 6.45) is 25.5. The molecule has 0 unspecified atom stereocenters. The second-order valence-corrected chi connectivity index (χ2v) is 10.3. The van der Waals surface area contributed by atoms with Crippen molar-refractivity contribution in [1.82, 2.24) is 0 Å². The lowest BCUT2D eigenvalue weighted by Gasteiger charge is -2.05. The van der Waals surface area contributed by atoms with Crippen molar-refractivity contribution in [2.45, 2.75) is 117 Å². The van der Waals surface area contributed by atoms with Gasteiger partial charge in [0.05, 0.1) is 0 Å². The van der Waals surface area contributed by atoms with E-state index in [1.807, 2.05) is 0 Å². The minimum absolute atomic E-state index is 0.0577. The summed E-state index contributed by atoms with van der Waals surface area (Å²) >= 11 is 5.67. The predicted molar refractivity (Wildman–Crippen MR) is 109 cm³/mol. The van der Waals surface area contributed by atoms with Gasteiger partial charge in [0.2, 0.25) is 0 Å². The van der Waals surface area contributed by atoms with Gasteiger partial charge >= 0.3 is 0 Å². The van der Waals surface area contributed by atoms with Crippen LogP contribution in [0.4, 0.5) is 0 Å². The van der Waals surface area contributed by atoms with Gasteiger partial charge < -0.3 is 0 Å². The molecule has 0 bridgehead atoms. The van der Waals surface area contributed by atoms with Crippen LogP contribution in [0.3, 0.4) is 0 Å². The van der Waals surface area contributed by atoms with Gasteiger partial charge in [-0.1, -0.05) is 122 Å². The molecule has 22 heavy (non-hydrogen) atoms. The molecule has 0 rings (SSSR count). The summed E-state index contributed by atoms with van der Waals surface area (Å²) in [5, 5.41) is 0. The molecule has 0 amide bonds. The second kappa shape index (κ2) is 19.6. The number of hydrogen-bond donors (Lipinski definition) is 0. The highest BCUT2D eigenvalue weighted by Crippen LogP contribution is 2.25. The molecule has 0 saturated carbocycles. The van der Waals surface area contributed by atoms with E-state index in [4.69, 9.17) is 11.8 Å². The quantitative estimate of drug-likeness (QED) is 0.178. The maximum Gasteiger partial charge on any atom is -0.00805 e.